The van der Waals surface area contributed by atoms with Crippen molar-refractivity contribution in [1.29, 1.82) is 0 Å². The second kappa shape index (κ2) is 9.18. The van der Waals surface area contributed by atoms with Crippen molar-refractivity contribution in [1.82, 2.24) is 5.32 Å². The number of hydrogen-bond donors (Lipinski definition) is 2. The monoisotopic (exact) mass is 275 g/mol. The summed E-state index contributed by atoms with van der Waals surface area (Å²) in [4.78, 5) is 0. The van der Waals surface area contributed by atoms with Gasteiger partial charge in [0, 0.05) is 18.3 Å². The fourth-order valence-corrected chi connectivity index (χ4v) is 3.38. The molecule has 0 spiro atoms. The molecule has 3 atom stereocenters. The summed E-state index contributed by atoms with van der Waals surface area (Å²) in [6.45, 7) is 7.56. The van der Waals surface area contributed by atoms with Crippen LogP contribution in [-0.4, -0.2) is 48.0 Å². The summed E-state index contributed by atoms with van der Waals surface area (Å²) in [6.07, 6.45) is 3.45. The van der Waals surface area contributed by atoms with Crippen molar-refractivity contribution >= 4 is 11.8 Å². The molecule has 0 amide bonds. The van der Waals surface area contributed by atoms with Gasteiger partial charge in [-0.2, -0.15) is 11.8 Å². The summed E-state index contributed by atoms with van der Waals surface area (Å²) in [6, 6.07) is 0.575. The molecule has 108 valence electrons. The molecule has 18 heavy (non-hydrogen) atoms. The standard InChI is InChI=1S/C14H29NO2S/c1-11(2)7-12(3)17-9-14(16)8-15-13-5-4-6-18-10-13/h11-16H,4-10H2,1-3H3. The van der Waals surface area contributed by atoms with E-state index >= 15 is 0 Å². The topological polar surface area (TPSA) is 41.5 Å². The average Bonchev–Trinajstić information content (AvgIpc) is 2.34. The van der Waals surface area contributed by atoms with Gasteiger partial charge < -0.3 is 15.2 Å². The van der Waals surface area contributed by atoms with E-state index in [9.17, 15) is 5.11 Å². The Hall–Kier alpha value is 0.230. The van der Waals surface area contributed by atoms with Crippen molar-refractivity contribution in [2.24, 2.45) is 5.92 Å². The maximum atomic E-state index is 9.87. The van der Waals surface area contributed by atoms with Crippen LogP contribution in [0, 0.1) is 5.92 Å². The molecule has 1 fully saturated rings. The van der Waals surface area contributed by atoms with Crippen molar-refractivity contribution in [2.45, 2.75) is 58.3 Å². The molecule has 1 aliphatic heterocycles. The molecule has 4 heteroatoms. The van der Waals surface area contributed by atoms with Crippen LogP contribution in [0.3, 0.4) is 0 Å². The molecule has 1 saturated heterocycles. The Labute approximate surface area is 116 Å². The van der Waals surface area contributed by atoms with E-state index in [1.807, 2.05) is 11.8 Å². The Balaban J connectivity index is 2.04. The van der Waals surface area contributed by atoms with Crippen LogP contribution < -0.4 is 5.32 Å². The molecule has 1 rings (SSSR count). The second-order valence-corrected chi connectivity index (χ2v) is 6.90. The molecule has 2 N–H and O–H groups in total. The van der Waals surface area contributed by atoms with E-state index in [2.05, 4.69) is 26.1 Å². The minimum Gasteiger partial charge on any atom is -0.389 e. The summed E-state index contributed by atoms with van der Waals surface area (Å²) >= 11 is 2.00. The Kier molecular flexibility index (Phi) is 8.31. The van der Waals surface area contributed by atoms with Crippen molar-refractivity contribution in [3.8, 4) is 0 Å². The fraction of sp³-hybridized carbons (Fsp3) is 1.00. The first kappa shape index (κ1) is 16.3. The van der Waals surface area contributed by atoms with Crippen LogP contribution in [0.4, 0.5) is 0 Å². The first-order valence-corrected chi connectivity index (χ1v) is 8.34. The van der Waals surface area contributed by atoms with Crippen molar-refractivity contribution in [3.63, 3.8) is 0 Å². The van der Waals surface area contributed by atoms with Gasteiger partial charge in [-0.1, -0.05) is 13.8 Å². The van der Waals surface area contributed by atoms with Gasteiger partial charge in [-0.15, -0.1) is 0 Å². The van der Waals surface area contributed by atoms with Crippen LogP contribution in [0.5, 0.6) is 0 Å². The summed E-state index contributed by atoms with van der Waals surface area (Å²) in [5.41, 5.74) is 0. The van der Waals surface area contributed by atoms with Gasteiger partial charge in [-0.25, -0.2) is 0 Å². The predicted molar refractivity (Wildman–Crippen MR) is 79.2 cm³/mol. The molecule has 0 saturated carbocycles. The van der Waals surface area contributed by atoms with Crippen molar-refractivity contribution in [2.75, 3.05) is 24.7 Å². The molecule has 3 unspecified atom stereocenters. The van der Waals surface area contributed by atoms with Crippen molar-refractivity contribution in [3.05, 3.63) is 0 Å². The normalized spacial score (nSPS) is 24.2. The van der Waals surface area contributed by atoms with Gasteiger partial charge in [0.2, 0.25) is 0 Å². The third-order valence-corrected chi connectivity index (χ3v) is 4.39. The largest absolute Gasteiger partial charge is 0.389 e. The predicted octanol–water partition coefficient (Wildman–Crippen LogP) is 2.28. The zero-order chi connectivity index (χ0) is 13.4. The van der Waals surface area contributed by atoms with Gasteiger partial charge in [-0.3, -0.25) is 0 Å². The highest BCUT2D eigenvalue weighted by Gasteiger charge is 2.15. The lowest BCUT2D eigenvalue weighted by atomic mass is 10.1. The van der Waals surface area contributed by atoms with E-state index in [0.717, 1.165) is 6.42 Å². The Morgan fingerprint density at radius 3 is 2.78 bits per heavy atom. The van der Waals surface area contributed by atoms with E-state index in [1.165, 1.54) is 24.3 Å². The number of aliphatic hydroxyl groups excluding tert-OH is 1. The van der Waals surface area contributed by atoms with E-state index in [4.69, 9.17) is 4.74 Å². The minimum absolute atomic E-state index is 0.241. The van der Waals surface area contributed by atoms with Gasteiger partial charge in [0.25, 0.3) is 0 Å². The quantitative estimate of drug-likeness (QED) is 0.713. The van der Waals surface area contributed by atoms with E-state index in [-0.39, 0.29) is 12.2 Å². The Morgan fingerprint density at radius 2 is 2.17 bits per heavy atom. The number of ether oxygens (including phenoxy) is 1. The van der Waals surface area contributed by atoms with Crippen LogP contribution >= 0.6 is 11.8 Å². The summed E-state index contributed by atoms with van der Waals surface area (Å²) in [5.74, 6) is 3.11. The molecule has 0 aromatic rings. The van der Waals surface area contributed by atoms with E-state index in [1.54, 1.807) is 0 Å². The minimum atomic E-state index is -0.383. The molecule has 1 aliphatic rings. The van der Waals surface area contributed by atoms with Crippen LogP contribution in [0.25, 0.3) is 0 Å². The first-order chi connectivity index (χ1) is 8.58. The molecule has 3 nitrogen and oxygen atoms in total. The molecule has 0 aliphatic carbocycles. The van der Waals surface area contributed by atoms with Gasteiger partial charge >= 0.3 is 0 Å². The molecule has 0 bridgehead atoms. The number of nitrogens with one attached hydrogen (secondary N) is 1. The maximum Gasteiger partial charge on any atom is 0.0897 e. The summed E-state index contributed by atoms with van der Waals surface area (Å²) in [7, 11) is 0. The lowest BCUT2D eigenvalue weighted by molar-refractivity contribution is -0.00916. The van der Waals surface area contributed by atoms with Crippen molar-refractivity contribution < 1.29 is 9.84 Å². The zero-order valence-corrected chi connectivity index (χ0v) is 12.8. The summed E-state index contributed by atoms with van der Waals surface area (Å²) in [5, 5.41) is 13.3. The van der Waals surface area contributed by atoms with Crippen LogP contribution in [0.2, 0.25) is 0 Å². The lowest BCUT2D eigenvalue weighted by Crippen LogP contribution is -2.40. The van der Waals surface area contributed by atoms with Gasteiger partial charge in [0.15, 0.2) is 0 Å². The molecular weight excluding hydrogens is 246 g/mol. The molecule has 0 radical (unpaired) electrons. The lowest BCUT2D eigenvalue weighted by Gasteiger charge is -2.24. The SMILES string of the molecule is CC(C)CC(C)OCC(O)CNC1CCCSC1. The molecule has 1 heterocycles. The van der Waals surface area contributed by atoms with Gasteiger partial charge in [0.05, 0.1) is 18.8 Å². The summed E-state index contributed by atoms with van der Waals surface area (Å²) < 4.78 is 5.66. The highest BCUT2D eigenvalue weighted by atomic mass is 32.2. The molecule has 0 aromatic heterocycles. The number of thioether (sulfide) groups is 1. The van der Waals surface area contributed by atoms with Gasteiger partial charge in [-0.05, 0) is 37.9 Å². The second-order valence-electron chi connectivity index (χ2n) is 5.75. The smallest absolute Gasteiger partial charge is 0.0897 e. The fourth-order valence-electron chi connectivity index (χ4n) is 2.27. The Bertz CT molecular complexity index is 208. The Morgan fingerprint density at radius 1 is 1.39 bits per heavy atom. The first-order valence-electron chi connectivity index (χ1n) is 7.18. The third kappa shape index (κ3) is 7.62. The van der Waals surface area contributed by atoms with Crippen LogP contribution in [-0.2, 0) is 4.74 Å². The highest BCUT2D eigenvalue weighted by Crippen LogP contribution is 2.16. The van der Waals surface area contributed by atoms with E-state index < -0.39 is 0 Å². The highest BCUT2D eigenvalue weighted by molar-refractivity contribution is 7.99. The van der Waals surface area contributed by atoms with Gasteiger partial charge in [0.1, 0.15) is 0 Å². The number of hydrogen-bond acceptors (Lipinski definition) is 4. The van der Waals surface area contributed by atoms with Crippen LogP contribution in [0.1, 0.15) is 40.0 Å². The number of rotatable bonds is 8. The third-order valence-electron chi connectivity index (χ3n) is 3.18. The zero-order valence-electron chi connectivity index (χ0n) is 12.0. The maximum absolute atomic E-state index is 9.87. The molecule has 0 aromatic carbocycles. The van der Waals surface area contributed by atoms with Crippen LogP contribution in [0.15, 0.2) is 0 Å². The molecular formula is C14H29NO2S. The van der Waals surface area contributed by atoms with E-state index in [0.29, 0.717) is 25.1 Å². The number of aliphatic hydroxyl groups is 1. The average molecular weight is 275 g/mol.